The van der Waals surface area contributed by atoms with Crippen LogP contribution in [-0.2, 0) is 0 Å². The van der Waals surface area contributed by atoms with Crippen LogP contribution in [0.25, 0.3) is 33.5 Å². The highest BCUT2D eigenvalue weighted by Gasteiger charge is 2.14. The lowest BCUT2D eigenvalue weighted by Crippen LogP contribution is -1.96. The molecule has 0 radical (unpaired) electrons. The molecule has 122 valence electrons. The summed E-state index contributed by atoms with van der Waals surface area (Å²) in [6, 6.07) is 15.8. The molecule has 0 saturated carbocycles. The zero-order valence-electron chi connectivity index (χ0n) is 12.9. The molecule has 4 rings (SSSR count). The summed E-state index contributed by atoms with van der Waals surface area (Å²) in [6.45, 7) is 0. The number of benzene rings is 3. The fourth-order valence-corrected chi connectivity index (χ4v) is 2.65. The summed E-state index contributed by atoms with van der Waals surface area (Å²) in [5, 5.41) is 0. The summed E-state index contributed by atoms with van der Waals surface area (Å²) < 4.78 is 40.0. The van der Waals surface area contributed by atoms with E-state index in [0.717, 1.165) is 0 Å². The Morgan fingerprint density at radius 2 is 0.920 bits per heavy atom. The van der Waals surface area contributed by atoms with Gasteiger partial charge in [-0.3, -0.25) is 0 Å². The van der Waals surface area contributed by atoms with Crippen LogP contribution in [0.5, 0.6) is 0 Å². The highest BCUT2D eigenvalue weighted by atomic mass is 19.1. The summed E-state index contributed by atoms with van der Waals surface area (Å²) in [5.74, 6) is -1.14. The zero-order valence-corrected chi connectivity index (χ0v) is 12.9. The van der Waals surface area contributed by atoms with Crippen LogP contribution in [0.1, 0.15) is 0 Å². The molecule has 0 saturated heterocycles. The average Bonchev–Trinajstić information content (AvgIpc) is 2.62. The zero-order chi connectivity index (χ0) is 17.4. The number of hydrogen-bond donors (Lipinski definition) is 0. The first kappa shape index (κ1) is 15.3. The summed E-state index contributed by atoms with van der Waals surface area (Å²) >= 11 is 0. The van der Waals surface area contributed by atoms with Gasteiger partial charge in [0.15, 0.2) is 0 Å². The molecule has 25 heavy (non-hydrogen) atoms. The molecule has 0 N–H and O–H groups in total. The molecule has 0 amide bonds. The number of nitrogens with zero attached hydrogens (tertiary/aromatic N) is 2. The molecule has 1 heterocycles. The molecule has 0 fully saturated rings. The highest BCUT2D eigenvalue weighted by molar-refractivity contribution is 5.86. The normalized spacial score (nSPS) is 11.0. The molecule has 0 aliphatic rings. The van der Waals surface area contributed by atoms with Gasteiger partial charge in [-0.15, -0.1) is 0 Å². The molecule has 0 unspecified atom stereocenters. The lowest BCUT2D eigenvalue weighted by molar-refractivity contribution is 0.627. The molecule has 4 aromatic rings. The van der Waals surface area contributed by atoms with E-state index in [2.05, 4.69) is 9.97 Å². The molecule has 0 spiro atoms. The summed E-state index contributed by atoms with van der Waals surface area (Å²) in [5.41, 5.74) is 3.21. The van der Waals surface area contributed by atoms with Crippen LogP contribution in [-0.4, -0.2) is 9.97 Å². The van der Waals surface area contributed by atoms with Crippen molar-refractivity contribution in [3.63, 3.8) is 0 Å². The van der Waals surface area contributed by atoms with Gasteiger partial charge in [0.2, 0.25) is 0 Å². The third kappa shape index (κ3) is 2.96. The minimum atomic E-state index is -0.415. The van der Waals surface area contributed by atoms with Gasteiger partial charge in [0.25, 0.3) is 0 Å². The van der Waals surface area contributed by atoms with Crippen molar-refractivity contribution in [3.05, 3.63) is 84.2 Å². The van der Waals surface area contributed by atoms with Crippen LogP contribution in [0.4, 0.5) is 13.2 Å². The van der Waals surface area contributed by atoms with Crippen LogP contribution in [0.15, 0.2) is 66.7 Å². The van der Waals surface area contributed by atoms with E-state index in [-0.39, 0.29) is 11.6 Å². The fourth-order valence-electron chi connectivity index (χ4n) is 2.65. The second kappa shape index (κ2) is 6.02. The van der Waals surface area contributed by atoms with Gasteiger partial charge in [0.1, 0.15) is 17.5 Å². The molecular weight excluding hydrogens is 325 g/mol. The molecule has 2 nitrogen and oxygen atoms in total. The van der Waals surface area contributed by atoms with Crippen molar-refractivity contribution in [1.82, 2.24) is 9.97 Å². The molecule has 0 aliphatic carbocycles. The Bertz CT molecular complexity index is 1060. The van der Waals surface area contributed by atoms with Gasteiger partial charge in [-0.25, -0.2) is 23.1 Å². The molecule has 3 aromatic carbocycles. The molecule has 0 atom stereocenters. The number of aromatic nitrogens is 2. The van der Waals surface area contributed by atoms with Crippen LogP contribution < -0.4 is 0 Å². The largest absolute Gasteiger partial charge is 0.244 e. The first-order valence-corrected chi connectivity index (χ1v) is 7.59. The van der Waals surface area contributed by atoms with Crippen LogP contribution >= 0.6 is 0 Å². The number of halogens is 3. The van der Waals surface area contributed by atoms with Crippen LogP contribution in [0.3, 0.4) is 0 Å². The predicted molar refractivity (Wildman–Crippen MR) is 90.3 cm³/mol. The van der Waals surface area contributed by atoms with Crippen molar-refractivity contribution in [1.29, 1.82) is 0 Å². The fraction of sp³-hybridized carbons (Fsp3) is 0. The maximum Gasteiger partial charge on any atom is 0.125 e. The molecular formula is C20H11F3N2. The maximum atomic E-state index is 13.5. The average molecular weight is 336 g/mol. The summed E-state index contributed by atoms with van der Waals surface area (Å²) in [6.07, 6.45) is 0. The van der Waals surface area contributed by atoms with E-state index in [4.69, 9.17) is 0 Å². The van der Waals surface area contributed by atoms with Crippen molar-refractivity contribution in [2.45, 2.75) is 0 Å². The van der Waals surface area contributed by atoms with E-state index >= 15 is 0 Å². The third-order valence-corrected chi connectivity index (χ3v) is 3.86. The van der Waals surface area contributed by atoms with Gasteiger partial charge >= 0.3 is 0 Å². The van der Waals surface area contributed by atoms with Gasteiger partial charge in [0.05, 0.1) is 22.4 Å². The van der Waals surface area contributed by atoms with Gasteiger partial charge in [0, 0.05) is 17.2 Å². The monoisotopic (exact) mass is 336 g/mol. The Kier molecular flexibility index (Phi) is 3.69. The van der Waals surface area contributed by atoms with Gasteiger partial charge < -0.3 is 0 Å². The van der Waals surface area contributed by atoms with E-state index in [1.807, 2.05) is 0 Å². The smallest absolute Gasteiger partial charge is 0.125 e. The van der Waals surface area contributed by atoms with E-state index in [0.29, 0.717) is 33.5 Å². The summed E-state index contributed by atoms with van der Waals surface area (Å²) in [7, 11) is 0. The first-order chi connectivity index (χ1) is 12.1. The van der Waals surface area contributed by atoms with Crippen molar-refractivity contribution in [2.75, 3.05) is 0 Å². The van der Waals surface area contributed by atoms with Crippen molar-refractivity contribution < 1.29 is 13.2 Å². The molecule has 0 aliphatic heterocycles. The standard InChI is InChI=1S/C20H11F3N2/c21-14-5-1-12(2-6-14)19-20(13-3-7-15(22)8-4-13)25-18-11-16(23)9-10-17(18)24-19/h1-11H. The lowest BCUT2D eigenvalue weighted by atomic mass is 10.0. The number of fused-ring (bicyclic) bond motifs is 1. The third-order valence-electron chi connectivity index (χ3n) is 3.86. The van der Waals surface area contributed by atoms with Gasteiger partial charge in [-0.05, 0) is 60.7 Å². The number of hydrogen-bond acceptors (Lipinski definition) is 2. The van der Waals surface area contributed by atoms with Gasteiger partial charge in [-0.2, -0.15) is 0 Å². The lowest BCUT2D eigenvalue weighted by Gasteiger charge is -2.10. The minimum absolute atomic E-state index is 0.358. The van der Waals surface area contributed by atoms with Crippen molar-refractivity contribution in [2.24, 2.45) is 0 Å². The van der Waals surface area contributed by atoms with Gasteiger partial charge in [-0.1, -0.05) is 0 Å². The highest BCUT2D eigenvalue weighted by Crippen LogP contribution is 2.31. The van der Waals surface area contributed by atoms with Crippen LogP contribution in [0, 0.1) is 17.5 Å². The van der Waals surface area contributed by atoms with E-state index in [1.54, 1.807) is 30.3 Å². The summed E-state index contributed by atoms with van der Waals surface area (Å²) in [4.78, 5) is 9.09. The van der Waals surface area contributed by atoms with E-state index in [1.165, 1.54) is 36.4 Å². The minimum Gasteiger partial charge on any atom is -0.244 e. The maximum absolute atomic E-state index is 13.5. The van der Waals surface area contributed by atoms with E-state index in [9.17, 15) is 13.2 Å². The Morgan fingerprint density at radius 3 is 1.44 bits per heavy atom. The van der Waals surface area contributed by atoms with Crippen molar-refractivity contribution >= 4 is 11.0 Å². The second-order valence-corrected chi connectivity index (χ2v) is 5.57. The molecule has 5 heteroatoms. The Morgan fingerprint density at radius 1 is 0.480 bits per heavy atom. The topological polar surface area (TPSA) is 25.8 Å². The predicted octanol–water partition coefficient (Wildman–Crippen LogP) is 5.38. The molecule has 1 aromatic heterocycles. The first-order valence-electron chi connectivity index (χ1n) is 7.59. The quantitative estimate of drug-likeness (QED) is 0.491. The van der Waals surface area contributed by atoms with Crippen LogP contribution in [0.2, 0.25) is 0 Å². The Balaban J connectivity index is 2.01. The van der Waals surface area contributed by atoms with Crippen molar-refractivity contribution in [3.8, 4) is 22.5 Å². The second-order valence-electron chi connectivity index (χ2n) is 5.57. The SMILES string of the molecule is Fc1ccc(-c2nc3ccc(F)cc3nc2-c2ccc(F)cc2)cc1. The Hall–Kier alpha value is -3.21. The number of rotatable bonds is 2. The van der Waals surface area contributed by atoms with E-state index < -0.39 is 5.82 Å². The Labute approximate surface area is 141 Å². The molecule has 0 bridgehead atoms.